The Hall–Kier alpha value is -4.18. The smallest absolute Gasteiger partial charge is 0.270 e. The van der Waals surface area contributed by atoms with Gasteiger partial charge in [-0.1, -0.05) is 6.07 Å². The van der Waals surface area contributed by atoms with Crippen molar-refractivity contribution in [3.8, 4) is 5.75 Å². The van der Waals surface area contributed by atoms with E-state index in [1.54, 1.807) is 32.0 Å². The van der Waals surface area contributed by atoms with E-state index in [0.717, 1.165) is 34.5 Å². The molecule has 3 heterocycles. The Morgan fingerprint density at radius 2 is 1.89 bits per heavy atom. The number of morpholine rings is 1. The van der Waals surface area contributed by atoms with Crippen molar-refractivity contribution >= 4 is 40.6 Å². The van der Waals surface area contributed by atoms with Crippen molar-refractivity contribution in [2.75, 3.05) is 29.2 Å². The van der Waals surface area contributed by atoms with Gasteiger partial charge in [0, 0.05) is 36.6 Å². The number of anilines is 5. The summed E-state index contributed by atoms with van der Waals surface area (Å²) >= 11 is 0. The molecule has 1 saturated heterocycles. The first-order valence-electron chi connectivity index (χ1n) is 12.2. The molecule has 3 N–H and O–H groups in total. The Bertz CT molecular complexity index is 1440. The molecule has 3 aliphatic rings. The van der Waals surface area contributed by atoms with Crippen molar-refractivity contribution in [3.63, 3.8) is 0 Å². The molecule has 2 aliphatic heterocycles. The van der Waals surface area contributed by atoms with Crippen molar-refractivity contribution in [1.29, 1.82) is 0 Å². The number of nitrogens with zero attached hydrogens (tertiary/aromatic N) is 3. The topological polar surface area (TPSA) is 118 Å². The van der Waals surface area contributed by atoms with E-state index in [1.165, 1.54) is 0 Å². The molecule has 1 fully saturated rings. The fourth-order valence-electron chi connectivity index (χ4n) is 5.08. The number of rotatable bonds is 4. The number of hydrogen-bond donors (Lipinski definition) is 3. The molecule has 10 nitrogen and oxygen atoms in total. The number of nitrogens with one attached hydrogen (secondary N) is 3. The molecule has 1 aliphatic carbocycles. The zero-order chi connectivity index (χ0) is 25.9. The van der Waals surface area contributed by atoms with E-state index in [-0.39, 0.29) is 30.6 Å². The van der Waals surface area contributed by atoms with Crippen LogP contribution in [0.5, 0.6) is 5.75 Å². The highest BCUT2D eigenvalue weighted by atomic mass is 16.5. The Kier molecular flexibility index (Phi) is 5.30. The molecule has 2 aromatic carbocycles. The maximum absolute atomic E-state index is 12.6. The van der Waals surface area contributed by atoms with Crippen LogP contribution in [0.4, 0.5) is 28.8 Å². The summed E-state index contributed by atoms with van der Waals surface area (Å²) in [5.74, 6) is 1.51. The van der Waals surface area contributed by atoms with Crippen LogP contribution in [0.25, 0.3) is 0 Å². The number of hydrogen-bond acceptors (Lipinski definition) is 8. The van der Waals surface area contributed by atoms with Crippen molar-refractivity contribution in [2.24, 2.45) is 0 Å². The zero-order valence-electron chi connectivity index (χ0n) is 21.1. The highest BCUT2D eigenvalue weighted by Gasteiger charge is 2.39. The van der Waals surface area contributed by atoms with Gasteiger partial charge in [0.05, 0.1) is 17.8 Å². The number of aryl methyl sites for hydroxylation is 1. The number of carbonyl (C=O) groups is 2. The summed E-state index contributed by atoms with van der Waals surface area (Å²) in [7, 11) is 1.75. The van der Waals surface area contributed by atoms with Gasteiger partial charge in [-0.3, -0.25) is 9.59 Å². The van der Waals surface area contributed by atoms with Gasteiger partial charge in [0.15, 0.2) is 5.60 Å². The minimum Gasteiger partial charge on any atom is -0.476 e. The molecule has 3 aromatic rings. The summed E-state index contributed by atoms with van der Waals surface area (Å²) in [5, 5.41) is 9.65. The van der Waals surface area contributed by atoms with E-state index in [0.29, 0.717) is 23.2 Å². The minimum atomic E-state index is -0.908. The standard InChI is InChI=1S/C27H28N6O4/c1-14-12-28-26(30-16-6-5-15-9-21-23(18(15)10-16)31-22(34)13-36-21)32-24(14)29-17-7-8-20-19(11-17)33(4)25(35)27(2,3)37-20/h5-8,10-12,21,23H,9,13H2,1-4H3,(H,31,34)(H2,28,29,30,32)/t21-,23+/m0/s1. The summed E-state index contributed by atoms with van der Waals surface area (Å²) in [6.45, 7) is 5.55. The SMILES string of the molecule is Cc1cnc(Nc2ccc3c(c2)[C@H]2NC(=O)CO[C@H]2C3)nc1Nc1ccc2c(c1)N(C)C(=O)C(C)(C)O2. The Labute approximate surface area is 214 Å². The third kappa shape index (κ3) is 4.13. The molecule has 0 bridgehead atoms. The van der Waals surface area contributed by atoms with Crippen LogP contribution in [-0.2, 0) is 20.7 Å². The molecule has 1 aromatic heterocycles. The van der Waals surface area contributed by atoms with Gasteiger partial charge < -0.3 is 30.3 Å². The van der Waals surface area contributed by atoms with Gasteiger partial charge in [0.25, 0.3) is 5.91 Å². The van der Waals surface area contributed by atoms with Crippen LogP contribution >= 0.6 is 0 Å². The Balaban J connectivity index is 1.23. The zero-order valence-corrected chi connectivity index (χ0v) is 21.1. The summed E-state index contributed by atoms with van der Waals surface area (Å²) in [4.78, 5) is 35.2. The number of benzene rings is 2. The lowest BCUT2D eigenvalue weighted by Crippen LogP contribution is -2.50. The summed E-state index contributed by atoms with van der Waals surface area (Å²) < 4.78 is 11.6. The second kappa shape index (κ2) is 8.45. The van der Waals surface area contributed by atoms with E-state index >= 15 is 0 Å². The van der Waals surface area contributed by atoms with Gasteiger partial charge in [-0.15, -0.1) is 0 Å². The first-order chi connectivity index (χ1) is 17.7. The van der Waals surface area contributed by atoms with Crippen LogP contribution in [-0.4, -0.2) is 47.1 Å². The van der Waals surface area contributed by atoms with Crippen LogP contribution in [0, 0.1) is 6.92 Å². The van der Waals surface area contributed by atoms with Crippen LogP contribution in [0.15, 0.2) is 42.6 Å². The quantitative estimate of drug-likeness (QED) is 0.498. The molecule has 10 heteroatoms. The molecule has 2 atom stereocenters. The van der Waals surface area contributed by atoms with Gasteiger partial charge in [-0.05, 0) is 62.2 Å². The normalized spacial score (nSPS) is 21.4. The maximum atomic E-state index is 12.6. The highest BCUT2D eigenvalue weighted by molar-refractivity contribution is 6.02. The first kappa shape index (κ1) is 23.2. The van der Waals surface area contributed by atoms with E-state index < -0.39 is 5.60 Å². The monoisotopic (exact) mass is 500 g/mol. The van der Waals surface area contributed by atoms with Gasteiger partial charge in [0.1, 0.15) is 18.2 Å². The van der Waals surface area contributed by atoms with Gasteiger partial charge in [0.2, 0.25) is 11.9 Å². The molecule has 0 radical (unpaired) electrons. The Morgan fingerprint density at radius 1 is 1.11 bits per heavy atom. The number of amides is 2. The lowest BCUT2D eigenvalue weighted by atomic mass is 10.0. The molecular weight excluding hydrogens is 472 g/mol. The molecular formula is C27H28N6O4. The molecule has 37 heavy (non-hydrogen) atoms. The number of aromatic nitrogens is 2. The molecule has 6 rings (SSSR count). The maximum Gasteiger partial charge on any atom is 0.270 e. The number of likely N-dealkylation sites (N-methyl/N-ethyl adjacent to an activating group) is 1. The summed E-state index contributed by atoms with van der Waals surface area (Å²) in [6.07, 6.45) is 2.49. The van der Waals surface area contributed by atoms with Crippen LogP contribution in [0.3, 0.4) is 0 Å². The lowest BCUT2D eigenvalue weighted by Gasteiger charge is -2.37. The van der Waals surface area contributed by atoms with Crippen molar-refractivity contribution < 1.29 is 19.1 Å². The third-order valence-electron chi connectivity index (χ3n) is 7.01. The second-order valence-electron chi connectivity index (χ2n) is 10.1. The molecule has 2 amide bonds. The van der Waals surface area contributed by atoms with E-state index in [4.69, 9.17) is 9.47 Å². The van der Waals surface area contributed by atoms with Crippen LogP contribution in [0.1, 0.15) is 36.6 Å². The Morgan fingerprint density at radius 3 is 2.73 bits per heavy atom. The van der Waals surface area contributed by atoms with Crippen molar-refractivity contribution in [3.05, 3.63) is 59.3 Å². The van der Waals surface area contributed by atoms with Gasteiger partial charge in [-0.2, -0.15) is 4.98 Å². The first-order valence-corrected chi connectivity index (χ1v) is 12.2. The molecule has 0 spiro atoms. The largest absolute Gasteiger partial charge is 0.476 e. The van der Waals surface area contributed by atoms with Crippen LogP contribution in [0.2, 0.25) is 0 Å². The summed E-state index contributed by atoms with van der Waals surface area (Å²) in [6, 6.07) is 11.5. The molecule has 0 saturated carbocycles. The highest BCUT2D eigenvalue weighted by Crippen LogP contribution is 2.40. The fraction of sp³-hybridized carbons (Fsp3) is 0.333. The average molecular weight is 501 g/mol. The average Bonchev–Trinajstić information content (AvgIpc) is 3.22. The predicted octanol–water partition coefficient (Wildman–Crippen LogP) is 3.52. The number of carbonyl (C=O) groups excluding carboxylic acids is 2. The van der Waals surface area contributed by atoms with Gasteiger partial charge >= 0.3 is 0 Å². The molecule has 0 unspecified atom stereocenters. The predicted molar refractivity (Wildman–Crippen MR) is 139 cm³/mol. The van der Waals surface area contributed by atoms with E-state index in [9.17, 15) is 9.59 Å². The van der Waals surface area contributed by atoms with Gasteiger partial charge in [-0.25, -0.2) is 4.98 Å². The molecule has 190 valence electrons. The third-order valence-corrected chi connectivity index (χ3v) is 7.01. The van der Waals surface area contributed by atoms with Crippen molar-refractivity contribution in [2.45, 2.75) is 44.9 Å². The summed E-state index contributed by atoms with van der Waals surface area (Å²) in [5.41, 5.74) is 4.45. The van der Waals surface area contributed by atoms with E-state index in [1.807, 2.05) is 43.3 Å². The fourth-order valence-corrected chi connectivity index (χ4v) is 5.08. The second-order valence-corrected chi connectivity index (χ2v) is 10.1. The van der Waals surface area contributed by atoms with Crippen LogP contribution < -0.4 is 25.6 Å². The minimum absolute atomic E-state index is 0.0307. The number of ether oxygens (including phenoxy) is 2. The van der Waals surface area contributed by atoms with Crippen molar-refractivity contribution in [1.82, 2.24) is 15.3 Å². The lowest BCUT2D eigenvalue weighted by molar-refractivity contribution is -0.136. The number of fused-ring (bicyclic) bond motifs is 4. The van der Waals surface area contributed by atoms with E-state index in [2.05, 4.69) is 25.9 Å².